The fourth-order valence-electron chi connectivity index (χ4n) is 4.76. The minimum Gasteiger partial charge on any atom is -0.396 e. The van der Waals surface area contributed by atoms with Gasteiger partial charge in [0.25, 0.3) is 0 Å². The Morgan fingerprint density at radius 3 is 2.53 bits per heavy atom. The van der Waals surface area contributed by atoms with Gasteiger partial charge in [-0.2, -0.15) is 0 Å². The number of aromatic nitrogens is 1. The van der Waals surface area contributed by atoms with Gasteiger partial charge in [-0.15, -0.1) is 0 Å². The van der Waals surface area contributed by atoms with Crippen LogP contribution in [0.3, 0.4) is 0 Å². The Labute approximate surface area is 199 Å². The third-order valence-corrected chi connectivity index (χ3v) is 8.81. The van der Waals surface area contributed by atoms with Crippen molar-refractivity contribution >= 4 is 32.6 Å². The van der Waals surface area contributed by atoms with E-state index in [-0.39, 0.29) is 30.4 Å². The number of rotatable bonds is 9. The number of imide groups is 1. The average molecular weight is 483 g/mol. The zero-order chi connectivity index (χ0) is 24.3. The van der Waals surface area contributed by atoms with Crippen LogP contribution >= 0.6 is 0 Å². The SMILES string of the molecule is Cc1ccc(S(=O)(=O)[C@H]2C(=O)N(CCc3c[nH]c4ccccc34)C(=O)C[C@@H]2CCCCO)cc1. The van der Waals surface area contributed by atoms with Crippen LogP contribution in [0, 0.1) is 12.8 Å². The number of hydrogen-bond acceptors (Lipinski definition) is 5. The van der Waals surface area contributed by atoms with Gasteiger partial charge in [-0.05, 0) is 55.9 Å². The van der Waals surface area contributed by atoms with Gasteiger partial charge >= 0.3 is 0 Å². The van der Waals surface area contributed by atoms with E-state index in [1.807, 2.05) is 37.4 Å². The van der Waals surface area contributed by atoms with Crippen LogP contribution < -0.4 is 0 Å². The lowest BCUT2D eigenvalue weighted by Crippen LogP contribution is -2.55. The van der Waals surface area contributed by atoms with E-state index in [1.54, 1.807) is 12.1 Å². The molecule has 1 aliphatic heterocycles. The molecule has 8 heteroatoms. The number of nitrogens with one attached hydrogen (secondary N) is 1. The number of aromatic amines is 1. The van der Waals surface area contributed by atoms with Gasteiger partial charge in [0.15, 0.2) is 9.84 Å². The van der Waals surface area contributed by atoms with Crippen molar-refractivity contribution in [3.63, 3.8) is 0 Å². The molecule has 0 bridgehead atoms. The number of fused-ring (bicyclic) bond motifs is 1. The Kier molecular flexibility index (Phi) is 7.19. The van der Waals surface area contributed by atoms with E-state index >= 15 is 0 Å². The lowest BCUT2D eigenvalue weighted by Gasteiger charge is -2.36. The molecule has 1 aromatic heterocycles. The number of sulfone groups is 1. The molecular weight excluding hydrogens is 452 g/mol. The number of carbonyl (C=O) groups is 2. The maximum absolute atomic E-state index is 13.6. The van der Waals surface area contributed by atoms with E-state index in [2.05, 4.69) is 4.98 Å². The van der Waals surface area contributed by atoms with Gasteiger partial charge < -0.3 is 10.1 Å². The number of aliphatic hydroxyl groups excluding tert-OH is 1. The number of unbranched alkanes of at least 4 members (excludes halogenated alkanes) is 1. The summed E-state index contributed by atoms with van der Waals surface area (Å²) in [5, 5.41) is 8.85. The predicted octanol–water partition coefficient (Wildman–Crippen LogP) is 3.40. The van der Waals surface area contributed by atoms with Crippen LogP contribution in [-0.2, 0) is 25.8 Å². The molecule has 1 saturated heterocycles. The number of piperidine rings is 1. The highest BCUT2D eigenvalue weighted by molar-refractivity contribution is 7.92. The maximum Gasteiger partial charge on any atom is 0.248 e. The third-order valence-electron chi connectivity index (χ3n) is 6.62. The summed E-state index contributed by atoms with van der Waals surface area (Å²) in [6, 6.07) is 14.3. The predicted molar refractivity (Wildman–Crippen MR) is 130 cm³/mol. The smallest absolute Gasteiger partial charge is 0.248 e. The van der Waals surface area contributed by atoms with Gasteiger partial charge in [0.2, 0.25) is 11.8 Å². The van der Waals surface area contributed by atoms with Crippen LogP contribution in [-0.4, -0.2) is 53.6 Å². The van der Waals surface area contributed by atoms with E-state index in [1.165, 1.54) is 12.1 Å². The van der Waals surface area contributed by atoms with Gasteiger partial charge in [-0.25, -0.2) is 8.42 Å². The molecule has 7 nitrogen and oxygen atoms in total. The van der Waals surface area contributed by atoms with Crippen molar-refractivity contribution in [2.45, 2.75) is 49.2 Å². The van der Waals surface area contributed by atoms with Crippen molar-refractivity contribution in [3.05, 3.63) is 65.9 Å². The standard InChI is InChI=1S/C26H30N2O5S/c1-18-9-11-21(12-10-18)34(32,33)25-19(6-4-5-15-29)16-24(30)28(26(25)31)14-13-20-17-27-23-8-3-2-7-22(20)23/h2-3,7-12,17,19,25,27,29H,4-6,13-16H2,1H3/t19-,25+/m0/s1. The van der Waals surface area contributed by atoms with Crippen molar-refractivity contribution in [1.82, 2.24) is 9.88 Å². The van der Waals surface area contributed by atoms with E-state index in [0.29, 0.717) is 25.7 Å². The summed E-state index contributed by atoms with van der Waals surface area (Å²) in [4.78, 5) is 30.9. The molecular formula is C26H30N2O5S. The number of H-pyrrole nitrogens is 1. The first-order chi connectivity index (χ1) is 16.3. The van der Waals surface area contributed by atoms with Gasteiger partial charge in [0.1, 0.15) is 5.25 Å². The first-order valence-corrected chi connectivity index (χ1v) is 13.2. The molecule has 2 aromatic carbocycles. The van der Waals surface area contributed by atoms with Crippen molar-refractivity contribution < 1.29 is 23.1 Å². The summed E-state index contributed by atoms with van der Waals surface area (Å²) in [6.07, 6.45) is 3.75. The molecule has 2 heterocycles. The molecule has 0 radical (unpaired) electrons. The van der Waals surface area contributed by atoms with Crippen molar-refractivity contribution in [3.8, 4) is 0 Å². The number of hydrogen-bond donors (Lipinski definition) is 2. The fraction of sp³-hybridized carbons (Fsp3) is 0.385. The molecule has 3 aromatic rings. The Bertz CT molecular complexity index is 1280. The number of aliphatic hydroxyl groups is 1. The minimum atomic E-state index is -3.99. The van der Waals surface area contributed by atoms with Crippen LogP contribution in [0.15, 0.2) is 59.6 Å². The molecule has 2 amide bonds. The first-order valence-electron chi connectivity index (χ1n) is 11.6. The van der Waals surface area contributed by atoms with Crippen molar-refractivity contribution in [2.24, 2.45) is 5.92 Å². The van der Waals surface area contributed by atoms with Gasteiger partial charge in [0.05, 0.1) is 4.90 Å². The quantitative estimate of drug-likeness (QED) is 0.359. The molecule has 4 rings (SSSR count). The largest absolute Gasteiger partial charge is 0.396 e. The highest BCUT2D eigenvalue weighted by Gasteiger charge is 2.48. The molecule has 34 heavy (non-hydrogen) atoms. The second-order valence-corrected chi connectivity index (χ2v) is 11.0. The molecule has 2 atom stereocenters. The van der Waals surface area contributed by atoms with Gasteiger partial charge in [0, 0.05) is 36.7 Å². The van der Waals surface area contributed by atoms with Crippen LogP contribution in [0.4, 0.5) is 0 Å². The average Bonchev–Trinajstić information content (AvgIpc) is 3.22. The van der Waals surface area contributed by atoms with Gasteiger partial charge in [-0.1, -0.05) is 42.3 Å². The van der Waals surface area contributed by atoms with E-state index in [0.717, 1.165) is 26.9 Å². The summed E-state index contributed by atoms with van der Waals surface area (Å²) in [5.41, 5.74) is 2.86. The molecule has 0 unspecified atom stereocenters. The molecule has 1 fully saturated rings. The van der Waals surface area contributed by atoms with Crippen LogP contribution in [0.2, 0.25) is 0 Å². The zero-order valence-electron chi connectivity index (χ0n) is 19.2. The lowest BCUT2D eigenvalue weighted by atomic mass is 9.89. The summed E-state index contributed by atoms with van der Waals surface area (Å²) in [5.74, 6) is -1.60. The minimum absolute atomic E-state index is 0.000805. The van der Waals surface area contributed by atoms with Crippen LogP contribution in [0.5, 0.6) is 0 Å². The number of nitrogens with zero attached hydrogens (tertiary/aromatic N) is 1. The summed E-state index contributed by atoms with van der Waals surface area (Å²) in [7, 11) is -3.99. The molecule has 2 N–H and O–H groups in total. The van der Waals surface area contributed by atoms with Crippen LogP contribution in [0.1, 0.15) is 36.8 Å². The Hall–Kier alpha value is -2.97. The Morgan fingerprint density at radius 2 is 1.79 bits per heavy atom. The highest BCUT2D eigenvalue weighted by atomic mass is 32.2. The van der Waals surface area contributed by atoms with Crippen LogP contribution in [0.25, 0.3) is 10.9 Å². The summed E-state index contributed by atoms with van der Waals surface area (Å²) >= 11 is 0. The topological polar surface area (TPSA) is 108 Å². The summed E-state index contributed by atoms with van der Waals surface area (Å²) < 4.78 is 27.2. The third kappa shape index (κ3) is 4.79. The molecule has 1 aliphatic rings. The molecule has 180 valence electrons. The fourth-order valence-corrected chi connectivity index (χ4v) is 6.70. The Morgan fingerprint density at radius 1 is 1.06 bits per heavy atom. The number of benzene rings is 2. The van der Waals surface area contributed by atoms with E-state index in [4.69, 9.17) is 5.11 Å². The zero-order valence-corrected chi connectivity index (χ0v) is 20.1. The highest BCUT2D eigenvalue weighted by Crippen LogP contribution is 2.33. The molecule has 0 spiro atoms. The first kappa shape index (κ1) is 24.2. The normalized spacial score (nSPS) is 19.2. The Balaban J connectivity index is 1.61. The second-order valence-electron chi connectivity index (χ2n) is 8.96. The van der Waals surface area contributed by atoms with E-state index < -0.39 is 26.9 Å². The number of amides is 2. The van der Waals surface area contributed by atoms with Gasteiger partial charge in [-0.3, -0.25) is 14.5 Å². The molecule has 0 saturated carbocycles. The molecule has 0 aliphatic carbocycles. The van der Waals surface area contributed by atoms with Crippen molar-refractivity contribution in [1.29, 1.82) is 0 Å². The number of aryl methyl sites for hydroxylation is 1. The number of likely N-dealkylation sites (tertiary alicyclic amines) is 1. The van der Waals surface area contributed by atoms with Crippen molar-refractivity contribution in [2.75, 3.05) is 13.2 Å². The lowest BCUT2D eigenvalue weighted by molar-refractivity contribution is -0.149. The second kappa shape index (κ2) is 10.1. The maximum atomic E-state index is 13.6. The monoisotopic (exact) mass is 482 g/mol. The number of para-hydroxylation sites is 1. The summed E-state index contributed by atoms with van der Waals surface area (Å²) in [6.45, 7) is 1.98. The number of carbonyl (C=O) groups excluding carboxylic acids is 2. The van der Waals surface area contributed by atoms with E-state index in [9.17, 15) is 18.0 Å².